The van der Waals surface area contributed by atoms with E-state index < -0.39 is 0 Å². The van der Waals surface area contributed by atoms with Crippen molar-refractivity contribution in [2.45, 2.75) is 13.5 Å². The van der Waals surface area contributed by atoms with Crippen LogP contribution in [0.3, 0.4) is 0 Å². The van der Waals surface area contributed by atoms with Crippen molar-refractivity contribution in [1.82, 2.24) is 10.6 Å². The van der Waals surface area contributed by atoms with Crippen LogP contribution in [0.25, 0.3) is 0 Å². The van der Waals surface area contributed by atoms with Gasteiger partial charge in [-0.2, -0.15) is 0 Å². The number of hydrogen-bond acceptors (Lipinski definition) is 3. The monoisotopic (exact) mass is 393 g/mol. The van der Waals surface area contributed by atoms with Gasteiger partial charge in [0.15, 0.2) is 5.96 Å². The third kappa shape index (κ3) is 6.95. The Hall–Kier alpha value is -1.02. The van der Waals surface area contributed by atoms with E-state index in [2.05, 4.69) is 28.6 Å². The van der Waals surface area contributed by atoms with Crippen LogP contribution >= 0.6 is 24.0 Å². The van der Waals surface area contributed by atoms with Crippen molar-refractivity contribution in [2.75, 3.05) is 34.4 Å². The van der Waals surface area contributed by atoms with E-state index in [4.69, 9.17) is 9.47 Å². The second-order valence-electron chi connectivity index (χ2n) is 4.20. The first kappa shape index (κ1) is 19.0. The van der Waals surface area contributed by atoms with Gasteiger partial charge in [0.2, 0.25) is 0 Å². The zero-order valence-electron chi connectivity index (χ0n) is 12.5. The molecule has 1 aromatic rings. The highest BCUT2D eigenvalue weighted by atomic mass is 127. The number of aliphatic imine (C=N–C) groups is 1. The average molecular weight is 393 g/mol. The van der Waals surface area contributed by atoms with E-state index >= 15 is 0 Å². The van der Waals surface area contributed by atoms with E-state index in [1.54, 1.807) is 21.3 Å². The lowest BCUT2D eigenvalue weighted by Gasteiger charge is -2.12. The molecule has 1 rings (SSSR count). The van der Waals surface area contributed by atoms with E-state index in [1.807, 2.05) is 12.1 Å². The smallest absolute Gasteiger partial charge is 0.191 e. The van der Waals surface area contributed by atoms with E-state index in [-0.39, 0.29) is 24.0 Å². The summed E-state index contributed by atoms with van der Waals surface area (Å²) in [5, 5.41) is 6.42. The van der Waals surface area contributed by atoms with Crippen LogP contribution in [0.1, 0.15) is 11.1 Å². The van der Waals surface area contributed by atoms with Gasteiger partial charge >= 0.3 is 0 Å². The number of halogens is 1. The number of guanidine groups is 1. The van der Waals surface area contributed by atoms with Gasteiger partial charge in [-0.15, -0.1) is 24.0 Å². The molecule has 0 radical (unpaired) electrons. The lowest BCUT2D eigenvalue weighted by atomic mass is 10.1. The summed E-state index contributed by atoms with van der Waals surface area (Å²) in [5.41, 5.74) is 2.34. The molecule has 0 aromatic heterocycles. The summed E-state index contributed by atoms with van der Waals surface area (Å²) in [6.07, 6.45) is 0. The fourth-order valence-corrected chi connectivity index (χ4v) is 1.72. The van der Waals surface area contributed by atoms with E-state index in [1.165, 1.54) is 5.56 Å². The minimum Gasteiger partial charge on any atom is -0.497 e. The molecule has 0 aliphatic rings. The summed E-state index contributed by atoms with van der Waals surface area (Å²) >= 11 is 0. The Morgan fingerprint density at radius 3 is 2.55 bits per heavy atom. The average Bonchev–Trinajstić information content (AvgIpc) is 2.42. The molecule has 0 amide bonds. The third-order valence-electron chi connectivity index (χ3n) is 2.63. The number of methoxy groups -OCH3 is 2. The first-order valence-electron chi connectivity index (χ1n) is 6.27. The highest BCUT2D eigenvalue weighted by Crippen LogP contribution is 2.16. The predicted molar refractivity (Wildman–Crippen MR) is 93.2 cm³/mol. The quantitative estimate of drug-likeness (QED) is 0.336. The Labute approximate surface area is 138 Å². The van der Waals surface area contributed by atoms with E-state index in [0.717, 1.165) is 23.8 Å². The molecule has 0 spiro atoms. The standard InChI is InChI=1S/C14H23N3O2.HI/c1-11-7-12(9-13(8-11)19-4)10-17-14(15-2)16-5-6-18-3;/h7-9H,5-6,10H2,1-4H3,(H2,15,16,17);1H. The summed E-state index contributed by atoms with van der Waals surface area (Å²) in [4.78, 5) is 4.15. The molecule has 0 saturated heterocycles. The number of aryl methyl sites for hydroxylation is 1. The van der Waals surface area contributed by atoms with Gasteiger partial charge in [0, 0.05) is 27.2 Å². The van der Waals surface area contributed by atoms with Crippen LogP contribution in [0.5, 0.6) is 5.75 Å². The Morgan fingerprint density at radius 1 is 1.20 bits per heavy atom. The molecule has 0 fully saturated rings. The van der Waals surface area contributed by atoms with Crippen molar-refractivity contribution in [3.63, 3.8) is 0 Å². The van der Waals surface area contributed by atoms with Gasteiger partial charge in [0.25, 0.3) is 0 Å². The second kappa shape index (κ2) is 10.7. The second-order valence-corrected chi connectivity index (χ2v) is 4.20. The van der Waals surface area contributed by atoms with Crippen LogP contribution in [0.4, 0.5) is 0 Å². The van der Waals surface area contributed by atoms with Crippen LogP contribution in [0, 0.1) is 6.92 Å². The molecule has 0 atom stereocenters. The maximum Gasteiger partial charge on any atom is 0.191 e. The van der Waals surface area contributed by atoms with Crippen molar-refractivity contribution >= 4 is 29.9 Å². The minimum atomic E-state index is 0. The van der Waals surface area contributed by atoms with Gasteiger partial charge in [-0.1, -0.05) is 6.07 Å². The Balaban J connectivity index is 0.00000361. The summed E-state index contributed by atoms with van der Waals surface area (Å²) in [6, 6.07) is 6.15. The molecule has 114 valence electrons. The van der Waals surface area contributed by atoms with Gasteiger partial charge in [0.1, 0.15) is 5.75 Å². The van der Waals surface area contributed by atoms with Crippen molar-refractivity contribution in [3.05, 3.63) is 29.3 Å². The SMILES string of the molecule is CN=C(NCCOC)NCc1cc(C)cc(OC)c1.I. The summed E-state index contributed by atoms with van der Waals surface area (Å²) in [7, 11) is 5.10. The van der Waals surface area contributed by atoms with Crippen molar-refractivity contribution in [1.29, 1.82) is 0 Å². The minimum absolute atomic E-state index is 0. The highest BCUT2D eigenvalue weighted by molar-refractivity contribution is 14.0. The molecule has 0 heterocycles. The van der Waals surface area contributed by atoms with E-state index in [9.17, 15) is 0 Å². The maximum absolute atomic E-state index is 5.26. The molecule has 1 aromatic carbocycles. The normalized spacial score (nSPS) is 10.7. The molecule has 0 bridgehead atoms. The number of rotatable bonds is 6. The molecule has 2 N–H and O–H groups in total. The molecule has 0 saturated carbocycles. The Morgan fingerprint density at radius 2 is 1.95 bits per heavy atom. The molecule has 5 nitrogen and oxygen atoms in total. The van der Waals surface area contributed by atoms with Crippen LogP contribution in [-0.4, -0.2) is 40.4 Å². The summed E-state index contributed by atoms with van der Waals surface area (Å²) in [6.45, 7) is 4.13. The Kier molecular flexibility index (Phi) is 10.2. The molecular formula is C14H24IN3O2. The van der Waals surface area contributed by atoms with Gasteiger partial charge in [-0.3, -0.25) is 4.99 Å². The van der Waals surface area contributed by atoms with Crippen LogP contribution in [0.2, 0.25) is 0 Å². The van der Waals surface area contributed by atoms with Crippen molar-refractivity contribution in [3.8, 4) is 5.75 Å². The zero-order valence-corrected chi connectivity index (χ0v) is 14.9. The van der Waals surface area contributed by atoms with Gasteiger partial charge in [-0.05, 0) is 30.2 Å². The predicted octanol–water partition coefficient (Wildman–Crippen LogP) is 1.93. The number of nitrogens with one attached hydrogen (secondary N) is 2. The largest absolute Gasteiger partial charge is 0.497 e. The van der Waals surface area contributed by atoms with Crippen molar-refractivity contribution in [2.24, 2.45) is 4.99 Å². The first-order chi connectivity index (χ1) is 9.19. The third-order valence-corrected chi connectivity index (χ3v) is 2.63. The zero-order chi connectivity index (χ0) is 14.1. The number of nitrogens with zero attached hydrogens (tertiary/aromatic N) is 1. The van der Waals surface area contributed by atoms with Crippen LogP contribution < -0.4 is 15.4 Å². The fourth-order valence-electron chi connectivity index (χ4n) is 1.72. The lowest BCUT2D eigenvalue weighted by molar-refractivity contribution is 0.203. The fraction of sp³-hybridized carbons (Fsp3) is 0.500. The van der Waals surface area contributed by atoms with E-state index in [0.29, 0.717) is 13.2 Å². The number of ether oxygens (including phenoxy) is 2. The summed E-state index contributed by atoms with van der Waals surface area (Å²) in [5.74, 6) is 1.64. The number of hydrogen-bond donors (Lipinski definition) is 2. The lowest BCUT2D eigenvalue weighted by Crippen LogP contribution is -2.38. The van der Waals surface area contributed by atoms with Crippen LogP contribution in [0.15, 0.2) is 23.2 Å². The molecule has 0 unspecified atom stereocenters. The van der Waals surface area contributed by atoms with Gasteiger partial charge < -0.3 is 20.1 Å². The maximum atomic E-state index is 5.26. The molecular weight excluding hydrogens is 369 g/mol. The summed E-state index contributed by atoms with van der Waals surface area (Å²) < 4.78 is 10.2. The molecule has 0 aliphatic carbocycles. The first-order valence-corrected chi connectivity index (χ1v) is 6.27. The molecule has 20 heavy (non-hydrogen) atoms. The van der Waals surface area contributed by atoms with Gasteiger partial charge in [0.05, 0.1) is 13.7 Å². The highest BCUT2D eigenvalue weighted by Gasteiger charge is 2.01. The van der Waals surface area contributed by atoms with Crippen molar-refractivity contribution < 1.29 is 9.47 Å². The Bertz CT molecular complexity index is 425. The molecule has 6 heteroatoms. The molecule has 0 aliphatic heterocycles. The number of benzene rings is 1. The van der Waals surface area contributed by atoms with Gasteiger partial charge in [-0.25, -0.2) is 0 Å². The van der Waals surface area contributed by atoms with Crippen LogP contribution in [-0.2, 0) is 11.3 Å². The topological polar surface area (TPSA) is 54.9 Å².